The van der Waals surface area contributed by atoms with E-state index >= 15 is 0 Å². The van der Waals surface area contributed by atoms with Crippen molar-refractivity contribution in [3.05, 3.63) is 71.5 Å². The molecule has 1 aliphatic heterocycles. The maximum atomic E-state index is 13.1. The molecule has 1 unspecified atom stereocenters. The van der Waals surface area contributed by atoms with Crippen molar-refractivity contribution in [3.8, 4) is 16.9 Å². The van der Waals surface area contributed by atoms with Gasteiger partial charge in [-0.3, -0.25) is 9.78 Å². The van der Waals surface area contributed by atoms with Crippen molar-refractivity contribution >= 4 is 17.5 Å². The van der Waals surface area contributed by atoms with Crippen LogP contribution in [0.15, 0.2) is 55.0 Å². The Balaban J connectivity index is 1.44. The van der Waals surface area contributed by atoms with E-state index in [2.05, 4.69) is 9.97 Å². The highest BCUT2D eigenvalue weighted by Crippen LogP contribution is 2.26. The third-order valence-corrected chi connectivity index (χ3v) is 5.07. The van der Waals surface area contributed by atoms with Gasteiger partial charge < -0.3 is 14.6 Å². The summed E-state index contributed by atoms with van der Waals surface area (Å²) in [5.41, 5.74) is 2.20. The Hall–Kier alpha value is -2.86. The number of rotatable bonds is 4. The summed E-state index contributed by atoms with van der Waals surface area (Å²) in [4.78, 5) is 21.7. The van der Waals surface area contributed by atoms with Gasteiger partial charge in [0.2, 0.25) is 0 Å². The minimum atomic E-state index is -0.288. The summed E-state index contributed by atoms with van der Waals surface area (Å²) in [6, 6.07) is 9.70. The quantitative estimate of drug-likeness (QED) is 0.700. The number of carbonyl (C=O) groups excluding carboxylic acids is 1. The van der Waals surface area contributed by atoms with Crippen molar-refractivity contribution in [1.29, 1.82) is 0 Å². The smallest absolute Gasteiger partial charge is 0.270 e. The van der Waals surface area contributed by atoms with E-state index in [4.69, 9.17) is 16.3 Å². The number of aromatic amines is 1. The van der Waals surface area contributed by atoms with Gasteiger partial charge in [-0.15, -0.1) is 0 Å². The van der Waals surface area contributed by atoms with Crippen LogP contribution in [0, 0.1) is 5.82 Å². The van der Waals surface area contributed by atoms with Gasteiger partial charge >= 0.3 is 0 Å². The molecule has 2 aromatic heterocycles. The fourth-order valence-corrected chi connectivity index (χ4v) is 3.52. The van der Waals surface area contributed by atoms with Crippen LogP contribution in [0.2, 0.25) is 5.02 Å². The van der Waals surface area contributed by atoms with Crippen molar-refractivity contribution < 1.29 is 13.9 Å². The Labute approximate surface area is 167 Å². The van der Waals surface area contributed by atoms with Gasteiger partial charge in [0.1, 0.15) is 28.4 Å². The summed E-state index contributed by atoms with van der Waals surface area (Å²) in [5, 5.41) is 0.458. The molecule has 1 saturated heterocycles. The van der Waals surface area contributed by atoms with Gasteiger partial charge in [-0.25, -0.2) is 4.39 Å². The van der Waals surface area contributed by atoms with E-state index in [1.54, 1.807) is 47.8 Å². The van der Waals surface area contributed by atoms with Crippen LogP contribution in [0.1, 0.15) is 23.3 Å². The topological polar surface area (TPSA) is 58.2 Å². The van der Waals surface area contributed by atoms with E-state index in [-0.39, 0.29) is 17.8 Å². The lowest BCUT2D eigenvalue weighted by molar-refractivity contribution is 0.0533. The van der Waals surface area contributed by atoms with Crippen molar-refractivity contribution in [1.82, 2.24) is 14.9 Å². The molecule has 0 radical (unpaired) electrons. The zero-order valence-electron chi connectivity index (χ0n) is 15.1. The molecule has 4 rings (SSSR count). The Bertz CT molecular complexity index is 974. The van der Waals surface area contributed by atoms with Gasteiger partial charge in [-0.2, -0.15) is 0 Å². The second kappa shape index (κ2) is 8.02. The first-order chi connectivity index (χ1) is 13.6. The number of amides is 1. The second-order valence-corrected chi connectivity index (χ2v) is 7.16. The summed E-state index contributed by atoms with van der Waals surface area (Å²) in [7, 11) is 0. The predicted molar refractivity (Wildman–Crippen MR) is 105 cm³/mol. The third kappa shape index (κ3) is 4.02. The van der Waals surface area contributed by atoms with Gasteiger partial charge in [0, 0.05) is 31.2 Å². The average Bonchev–Trinajstić information content (AvgIpc) is 3.20. The van der Waals surface area contributed by atoms with Gasteiger partial charge in [0.25, 0.3) is 5.91 Å². The number of benzene rings is 1. The highest BCUT2D eigenvalue weighted by Gasteiger charge is 2.27. The normalized spacial score (nSPS) is 16.8. The summed E-state index contributed by atoms with van der Waals surface area (Å²) in [5.74, 6) is 0.209. The molecule has 1 fully saturated rings. The first-order valence-electron chi connectivity index (χ1n) is 9.10. The number of nitrogens with zero attached hydrogens (tertiary/aromatic N) is 2. The van der Waals surface area contributed by atoms with Crippen LogP contribution in [-0.2, 0) is 0 Å². The van der Waals surface area contributed by atoms with Gasteiger partial charge in [0.05, 0.1) is 6.54 Å². The number of carbonyl (C=O) groups is 1. The second-order valence-electron chi connectivity index (χ2n) is 6.75. The molecular weight excluding hydrogens is 381 g/mol. The summed E-state index contributed by atoms with van der Waals surface area (Å²) >= 11 is 6.11. The molecule has 1 atom stereocenters. The van der Waals surface area contributed by atoms with Crippen molar-refractivity contribution in [2.45, 2.75) is 18.9 Å². The minimum Gasteiger partial charge on any atom is -0.487 e. The highest BCUT2D eigenvalue weighted by atomic mass is 35.5. The number of H-pyrrole nitrogens is 1. The first kappa shape index (κ1) is 18.5. The Morgan fingerprint density at radius 2 is 2.07 bits per heavy atom. The number of ether oxygens (including phenoxy) is 1. The number of likely N-dealkylation sites (tertiary alicyclic amines) is 1. The minimum absolute atomic E-state index is 0.0810. The zero-order valence-corrected chi connectivity index (χ0v) is 15.8. The number of halogens is 2. The van der Waals surface area contributed by atoms with Crippen LogP contribution < -0.4 is 4.74 Å². The van der Waals surface area contributed by atoms with Crippen molar-refractivity contribution in [2.75, 3.05) is 13.1 Å². The number of hydrogen-bond acceptors (Lipinski definition) is 3. The first-order valence-corrected chi connectivity index (χ1v) is 9.48. The molecular formula is C21H19ClFN3O2. The Morgan fingerprint density at radius 1 is 1.25 bits per heavy atom. The van der Waals surface area contributed by atoms with Gasteiger partial charge in [0.15, 0.2) is 0 Å². The molecule has 0 saturated carbocycles. The maximum absolute atomic E-state index is 13.1. The molecule has 1 amide bonds. The molecule has 0 bridgehead atoms. The SMILES string of the molecule is O=C(c1cc(-c2ccc(F)cc2)c[nH]1)N1CCCC(Oc2ccncc2Cl)C1. The van der Waals surface area contributed by atoms with E-state index in [0.29, 0.717) is 29.6 Å². The molecule has 1 N–H and O–H groups in total. The lowest BCUT2D eigenvalue weighted by Gasteiger charge is -2.32. The number of pyridine rings is 1. The molecule has 144 valence electrons. The molecule has 5 nitrogen and oxygen atoms in total. The fourth-order valence-electron chi connectivity index (χ4n) is 3.35. The van der Waals surface area contributed by atoms with Gasteiger partial charge in [-0.1, -0.05) is 23.7 Å². The molecule has 0 spiro atoms. The Morgan fingerprint density at radius 3 is 2.86 bits per heavy atom. The lowest BCUT2D eigenvalue weighted by Crippen LogP contribution is -2.44. The monoisotopic (exact) mass is 399 g/mol. The maximum Gasteiger partial charge on any atom is 0.270 e. The fraction of sp³-hybridized carbons (Fsp3) is 0.238. The van der Waals surface area contributed by atoms with Crippen LogP contribution in [0.4, 0.5) is 4.39 Å². The van der Waals surface area contributed by atoms with Crippen LogP contribution in [0.5, 0.6) is 5.75 Å². The molecule has 1 aromatic carbocycles. The van der Waals surface area contributed by atoms with Crippen molar-refractivity contribution in [3.63, 3.8) is 0 Å². The van der Waals surface area contributed by atoms with E-state index in [1.807, 2.05) is 0 Å². The van der Waals surface area contributed by atoms with Gasteiger partial charge in [-0.05, 0) is 42.2 Å². The van der Waals surface area contributed by atoms with Crippen LogP contribution >= 0.6 is 11.6 Å². The molecule has 3 heterocycles. The number of piperidine rings is 1. The Kier molecular flexibility index (Phi) is 5.30. The standard InChI is InChI=1S/C21H19ClFN3O2/c22-18-12-24-8-7-20(18)28-17-2-1-9-26(13-17)21(27)19-10-15(11-25-19)14-3-5-16(23)6-4-14/h3-8,10-12,17,25H,1-2,9,13H2. The largest absolute Gasteiger partial charge is 0.487 e. The van der Waals surface area contributed by atoms with E-state index < -0.39 is 0 Å². The van der Waals surface area contributed by atoms with Crippen molar-refractivity contribution in [2.24, 2.45) is 0 Å². The van der Waals surface area contributed by atoms with E-state index in [9.17, 15) is 9.18 Å². The zero-order chi connectivity index (χ0) is 19.5. The van der Waals surface area contributed by atoms with E-state index in [1.165, 1.54) is 12.1 Å². The number of aromatic nitrogens is 2. The summed E-state index contributed by atoms with van der Waals surface area (Å²) in [6.07, 6.45) is 6.51. The average molecular weight is 400 g/mol. The molecule has 7 heteroatoms. The van der Waals surface area contributed by atoms with Crippen LogP contribution in [-0.4, -0.2) is 40.0 Å². The molecule has 1 aliphatic rings. The lowest BCUT2D eigenvalue weighted by atomic mass is 10.1. The molecule has 0 aliphatic carbocycles. The highest BCUT2D eigenvalue weighted by molar-refractivity contribution is 6.31. The summed E-state index contributed by atoms with van der Waals surface area (Å²) < 4.78 is 19.1. The third-order valence-electron chi connectivity index (χ3n) is 4.79. The molecule has 3 aromatic rings. The predicted octanol–water partition coefficient (Wildman–Crippen LogP) is 4.55. The number of hydrogen-bond donors (Lipinski definition) is 1. The van der Waals surface area contributed by atoms with E-state index in [0.717, 1.165) is 24.0 Å². The van der Waals surface area contributed by atoms with Crippen LogP contribution in [0.25, 0.3) is 11.1 Å². The van der Waals surface area contributed by atoms with Crippen LogP contribution in [0.3, 0.4) is 0 Å². The molecule has 28 heavy (non-hydrogen) atoms. The number of nitrogens with one attached hydrogen (secondary N) is 1. The summed E-state index contributed by atoms with van der Waals surface area (Å²) in [6.45, 7) is 1.16.